The van der Waals surface area contributed by atoms with Crippen molar-refractivity contribution in [3.63, 3.8) is 0 Å². The molecule has 5 nitrogen and oxygen atoms in total. The summed E-state index contributed by atoms with van der Waals surface area (Å²) in [5.41, 5.74) is 0. The first kappa shape index (κ1) is 17.2. The van der Waals surface area contributed by atoms with E-state index in [1.54, 1.807) is 13.8 Å². The molecule has 1 unspecified atom stereocenters. The lowest BCUT2D eigenvalue weighted by molar-refractivity contribution is -0.143. The number of rotatable bonds is 5. The van der Waals surface area contributed by atoms with Gasteiger partial charge in [0.1, 0.15) is 6.04 Å². The number of benzene rings is 1. The molecule has 20 heavy (non-hydrogen) atoms. The maximum absolute atomic E-state index is 12.2. The fourth-order valence-electron chi connectivity index (χ4n) is 1.50. The highest BCUT2D eigenvalue weighted by Gasteiger charge is 2.29. The van der Waals surface area contributed by atoms with Crippen LogP contribution in [0.25, 0.3) is 0 Å². The van der Waals surface area contributed by atoms with E-state index in [2.05, 4.69) is 9.46 Å². The van der Waals surface area contributed by atoms with Crippen LogP contribution in [-0.4, -0.2) is 27.5 Å². The molecule has 0 fully saturated rings. The lowest BCUT2D eigenvalue weighted by Gasteiger charge is -2.19. The number of carbonyl (C=O) groups is 1. The highest BCUT2D eigenvalue weighted by molar-refractivity contribution is 7.89. The van der Waals surface area contributed by atoms with E-state index in [4.69, 9.17) is 23.2 Å². The minimum atomic E-state index is -3.92. The third-order valence-corrected chi connectivity index (χ3v) is 4.41. The fourth-order valence-corrected chi connectivity index (χ4v) is 3.56. The molecule has 0 saturated carbocycles. The molecular weight excluding hydrogens is 325 g/mol. The Morgan fingerprint density at radius 1 is 1.20 bits per heavy atom. The molecule has 1 aromatic rings. The van der Waals surface area contributed by atoms with Crippen LogP contribution < -0.4 is 4.72 Å². The Balaban J connectivity index is 3.13. The smallest absolute Gasteiger partial charge is 0.324 e. The summed E-state index contributed by atoms with van der Waals surface area (Å²) in [4.78, 5) is 11.5. The summed E-state index contributed by atoms with van der Waals surface area (Å²) in [5, 5.41) is 0.383. The van der Waals surface area contributed by atoms with Gasteiger partial charge in [-0.3, -0.25) is 4.79 Å². The van der Waals surface area contributed by atoms with Crippen LogP contribution in [0.4, 0.5) is 0 Å². The third kappa shape index (κ3) is 4.34. The number of halogens is 2. The van der Waals surface area contributed by atoms with Gasteiger partial charge in [0.15, 0.2) is 0 Å². The van der Waals surface area contributed by atoms with Gasteiger partial charge in [0, 0.05) is 10.0 Å². The topological polar surface area (TPSA) is 72.5 Å². The Kier molecular flexibility index (Phi) is 5.82. The van der Waals surface area contributed by atoms with Crippen LogP contribution in [0.1, 0.15) is 13.8 Å². The highest BCUT2D eigenvalue weighted by atomic mass is 35.5. The number of carbonyl (C=O) groups excluding carboxylic acids is 1. The predicted molar refractivity (Wildman–Crippen MR) is 77.4 cm³/mol. The van der Waals surface area contributed by atoms with Crippen molar-refractivity contribution < 1.29 is 17.9 Å². The zero-order valence-electron chi connectivity index (χ0n) is 11.2. The minimum Gasteiger partial charge on any atom is -0.468 e. The molecule has 8 heteroatoms. The fraction of sp³-hybridized carbons (Fsp3) is 0.417. The lowest BCUT2D eigenvalue weighted by atomic mass is 10.1. The number of sulfonamides is 1. The van der Waals surface area contributed by atoms with Gasteiger partial charge in [-0.25, -0.2) is 8.42 Å². The van der Waals surface area contributed by atoms with Crippen LogP contribution >= 0.6 is 23.2 Å². The van der Waals surface area contributed by atoms with Crippen molar-refractivity contribution in [2.24, 2.45) is 5.92 Å². The standard InChI is InChI=1S/C12H15Cl2NO4S/c1-7(2)11(12(16)19-3)15-20(17,18)10-5-8(13)4-9(14)6-10/h4-7,11,15H,1-3H3. The first-order chi connectivity index (χ1) is 9.17. The van der Waals surface area contributed by atoms with Crippen LogP contribution in [-0.2, 0) is 19.6 Å². The number of hydrogen-bond acceptors (Lipinski definition) is 4. The molecule has 0 radical (unpaired) electrons. The molecule has 1 aromatic carbocycles. The van der Waals surface area contributed by atoms with Gasteiger partial charge in [0.2, 0.25) is 10.0 Å². The summed E-state index contributed by atoms with van der Waals surface area (Å²) in [7, 11) is -2.73. The normalized spacial score (nSPS) is 13.3. The molecule has 0 bridgehead atoms. The number of nitrogens with one attached hydrogen (secondary N) is 1. The Morgan fingerprint density at radius 3 is 2.10 bits per heavy atom. The second-order valence-electron chi connectivity index (χ2n) is 4.47. The molecule has 0 amide bonds. The van der Waals surface area contributed by atoms with Gasteiger partial charge in [0.05, 0.1) is 12.0 Å². The van der Waals surface area contributed by atoms with Crippen molar-refractivity contribution in [3.05, 3.63) is 28.2 Å². The zero-order valence-corrected chi connectivity index (χ0v) is 13.5. The molecular formula is C12H15Cl2NO4S. The van der Waals surface area contributed by atoms with Crippen LogP contribution in [0.3, 0.4) is 0 Å². The minimum absolute atomic E-state index is 0.107. The molecule has 1 N–H and O–H groups in total. The summed E-state index contributed by atoms with van der Waals surface area (Å²) in [6.07, 6.45) is 0. The van der Waals surface area contributed by atoms with Gasteiger partial charge in [-0.1, -0.05) is 37.0 Å². The second kappa shape index (κ2) is 6.76. The largest absolute Gasteiger partial charge is 0.468 e. The lowest BCUT2D eigenvalue weighted by Crippen LogP contribution is -2.44. The monoisotopic (exact) mass is 339 g/mol. The predicted octanol–water partition coefficient (Wildman–Crippen LogP) is 2.47. The van der Waals surface area contributed by atoms with E-state index < -0.39 is 22.0 Å². The Labute approximate surface area is 128 Å². The Bertz CT molecular complexity index is 581. The summed E-state index contributed by atoms with van der Waals surface area (Å²) in [5.74, 6) is -0.927. The molecule has 112 valence electrons. The Morgan fingerprint density at radius 2 is 1.70 bits per heavy atom. The maximum atomic E-state index is 12.2. The van der Waals surface area contributed by atoms with Gasteiger partial charge in [0.25, 0.3) is 0 Å². The van der Waals surface area contributed by atoms with E-state index in [0.717, 1.165) is 0 Å². The second-order valence-corrected chi connectivity index (χ2v) is 7.06. The van der Waals surface area contributed by atoms with Gasteiger partial charge in [-0.15, -0.1) is 0 Å². The first-order valence-corrected chi connectivity index (χ1v) is 7.97. The van der Waals surface area contributed by atoms with E-state index >= 15 is 0 Å². The summed E-state index contributed by atoms with van der Waals surface area (Å²) < 4.78 is 31.4. The SMILES string of the molecule is COC(=O)C(NS(=O)(=O)c1cc(Cl)cc(Cl)c1)C(C)C. The first-order valence-electron chi connectivity index (χ1n) is 5.73. The number of ether oxygens (including phenoxy) is 1. The van der Waals surface area contributed by atoms with Crippen LogP contribution in [0.2, 0.25) is 10.0 Å². The molecule has 1 atom stereocenters. The van der Waals surface area contributed by atoms with E-state index in [-0.39, 0.29) is 20.9 Å². The molecule has 0 heterocycles. The van der Waals surface area contributed by atoms with Gasteiger partial charge in [-0.2, -0.15) is 4.72 Å². The van der Waals surface area contributed by atoms with Crippen molar-refractivity contribution in [1.29, 1.82) is 0 Å². The molecule has 0 aliphatic carbocycles. The molecule has 0 saturated heterocycles. The molecule has 0 aliphatic rings. The third-order valence-electron chi connectivity index (χ3n) is 2.55. The van der Waals surface area contributed by atoms with Crippen LogP contribution in [0, 0.1) is 5.92 Å². The quantitative estimate of drug-likeness (QED) is 0.836. The van der Waals surface area contributed by atoms with Crippen molar-refractivity contribution in [2.75, 3.05) is 7.11 Å². The van der Waals surface area contributed by atoms with E-state index in [9.17, 15) is 13.2 Å². The Hall–Kier alpha value is -0.820. The van der Waals surface area contributed by atoms with Crippen molar-refractivity contribution in [1.82, 2.24) is 4.72 Å². The average Bonchev–Trinajstić information content (AvgIpc) is 2.33. The molecule has 0 aliphatic heterocycles. The molecule has 0 aromatic heterocycles. The van der Waals surface area contributed by atoms with Crippen molar-refractivity contribution in [2.45, 2.75) is 24.8 Å². The van der Waals surface area contributed by atoms with E-state index in [1.807, 2.05) is 0 Å². The van der Waals surface area contributed by atoms with Gasteiger partial charge < -0.3 is 4.74 Å². The number of methoxy groups -OCH3 is 1. The van der Waals surface area contributed by atoms with E-state index in [0.29, 0.717) is 0 Å². The summed E-state index contributed by atoms with van der Waals surface area (Å²) in [6.45, 7) is 3.41. The highest BCUT2D eigenvalue weighted by Crippen LogP contribution is 2.22. The number of esters is 1. The number of hydrogen-bond donors (Lipinski definition) is 1. The van der Waals surface area contributed by atoms with Crippen molar-refractivity contribution >= 4 is 39.2 Å². The molecule has 0 spiro atoms. The van der Waals surface area contributed by atoms with Crippen LogP contribution in [0.15, 0.2) is 23.1 Å². The average molecular weight is 340 g/mol. The summed E-state index contributed by atoms with van der Waals surface area (Å²) >= 11 is 11.6. The maximum Gasteiger partial charge on any atom is 0.324 e. The van der Waals surface area contributed by atoms with Gasteiger partial charge >= 0.3 is 5.97 Å². The van der Waals surface area contributed by atoms with Crippen molar-refractivity contribution in [3.8, 4) is 0 Å². The van der Waals surface area contributed by atoms with Crippen LogP contribution in [0.5, 0.6) is 0 Å². The zero-order chi connectivity index (χ0) is 15.5. The molecule has 1 rings (SSSR count). The summed E-state index contributed by atoms with van der Waals surface area (Å²) in [6, 6.07) is 2.94. The van der Waals surface area contributed by atoms with E-state index in [1.165, 1.54) is 25.3 Å². The van der Waals surface area contributed by atoms with Gasteiger partial charge in [-0.05, 0) is 24.1 Å².